The minimum atomic E-state index is -0.811. The number of nitrogens with two attached hydrogens (primary N) is 1. The van der Waals surface area contributed by atoms with Gasteiger partial charge >= 0.3 is 0 Å². The molecule has 0 unspecified atom stereocenters. The lowest BCUT2D eigenvalue weighted by molar-refractivity contribution is -0.123. The van der Waals surface area contributed by atoms with Gasteiger partial charge in [-0.3, -0.25) is 19.6 Å². The van der Waals surface area contributed by atoms with Crippen molar-refractivity contribution in [3.63, 3.8) is 0 Å². The Bertz CT molecular complexity index is 1330. The molecule has 0 spiro atoms. The van der Waals surface area contributed by atoms with Gasteiger partial charge in [0.1, 0.15) is 11.2 Å². The van der Waals surface area contributed by atoms with E-state index >= 15 is 0 Å². The molecule has 2 fully saturated rings. The van der Waals surface area contributed by atoms with Crippen LogP contribution in [-0.2, 0) is 21.5 Å². The normalized spacial score (nSPS) is 18.0. The molecule has 2 aliphatic rings. The van der Waals surface area contributed by atoms with Gasteiger partial charge in [-0.2, -0.15) is 0 Å². The zero-order chi connectivity index (χ0) is 33.6. The lowest BCUT2D eigenvalue weighted by Gasteiger charge is -2.38. The maximum atomic E-state index is 13.3. The number of unbranched alkanes of at least 4 members (excludes halogenated alkanes) is 3. The van der Waals surface area contributed by atoms with Crippen molar-refractivity contribution in [1.29, 1.82) is 0 Å². The van der Waals surface area contributed by atoms with E-state index in [1.165, 1.54) is 32.1 Å². The Hall–Kier alpha value is -3.30. The number of carbonyl (C=O) groups excluding carboxylic acids is 1. The molecule has 0 aliphatic carbocycles. The summed E-state index contributed by atoms with van der Waals surface area (Å²) < 4.78 is 11.6. The van der Waals surface area contributed by atoms with E-state index in [4.69, 9.17) is 15.2 Å². The number of aromatic nitrogens is 1. The fourth-order valence-corrected chi connectivity index (χ4v) is 8.11. The highest BCUT2D eigenvalue weighted by atomic mass is 16.5. The highest BCUT2D eigenvalue weighted by molar-refractivity contribution is 5.91. The van der Waals surface area contributed by atoms with Crippen LogP contribution in [0, 0.1) is 5.92 Å². The third kappa shape index (κ3) is 9.03. The number of rotatable bonds is 19. The fourth-order valence-electron chi connectivity index (χ4n) is 8.11. The Labute approximate surface area is 288 Å². The molecule has 0 saturated carbocycles. The Morgan fingerprint density at radius 1 is 0.896 bits per heavy atom. The predicted octanol–water partition coefficient (Wildman–Crippen LogP) is 5.75. The van der Waals surface area contributed by atoms with Crippen LogP contribution >= 0.6 is 0 Å². The third-order valence-electron chi connectivity index (χ3n) is 10.7. The lowest BCUT2D eigenvalue weighted by Crippen LogP contribution is -2.49. The van der Waals surface area contributed by atoms with Gasteiger partial charge in [0, 0.05) is 50.2 Å². The summed E-state index contributed by atoms with van der Waals surface area (Å²) in [6, 6.07) is 22.9. The molecule has 1 atom stereocenters. The SMILES string of the molecule is CCN(CCOCCCCCCN1CC[C@@H](C(C(N)=O)(c2ccccc2)c2ccccc2)C1)C1CCN(Cc2cnccc2OC)CC1. The van der Waals surface area contributed by atoms with Gasteiger partial charge in [-0.1, -0.05) is 80.4 Å². The molecule has 8 nitrogen and oxygen atoms in total. The van der Waals surface area contributed by atoms with Gasteiger partial charge in [-0.05, 0) is 87.9 Å². The first kappa shape index (κ1) is 36.0. The number of hydrogen-bond acceptors (Lipinski definition) is 7. The Kier molecular flexibility index (Phi) is 13.8. The van der Waals surface area contributed by atoms with Crippen molar-refractivity contribution in [3.05, 3.63) is 95.8 Å². The molecule has 3 aromatic rings. The number of piperidine rings is 1. The van der Waals surface area contributed by atoms with Crippen LogP contribution in [0.15, 0.2) is 79.1 Å². The number of hydrogen-bond donors (Lipinski definition) is 1. The van der Waals surface area contributed by atoms with E-state index in [0.29, 0.717) is 6.04 Å². The molecule has 2 saturated heterocycles. The van der Waals surface area contributed by atoms with E-state index < -0.39 is 5.41 Å². The van der Waals surface area contributed by atoms with Crippen molar-refractivity contribution < 1.29 is 14.3 Å². The minimum Gasteiger partial charge on any atom is -0.496 e. The van der Waals surface area contributed by atoms with Gasteiger partial charge in [0.25, 0.3) is 0 Å². The van der Waals surface area contributed by atoms with Gasteiger partial charge in [0.2, 0.25) is 5.91 Å². The van der Waals surface area contributed by atoms with Crippen molar-refractivity contribution in [2.45, 2.75) is 69.9 Å². The zero-order valence-electron chi connectivity index (χ0n) is 29.3. The molecule has 1 aromatic heterocycles. The smallest absolute Gasteiger partial charge is 0.232 e. The fraction of sp³-hybridized carbons (Fsp3) is 0.550. The number of pyridine rings is 1. The minimum absolute atomic E-state index is 0.152. The van der Waals surface area contributed by atoms with Crippen molar-refractivity contribution in [1.82, 2.24) is 19.7 Å². The molecule has 5 rings (SSSR count). The van der Waals surface area contributed by atoms with Gasteiger partial charge in [-0.25, -0.2) is 0 Å². The second kappa shape index (κ2) is 18.5. The van der Waals surface area contributed by atoms with E-state index in [1.807, 2.05) is 48.7 Å². The van der Waals surface area contributed by atoms with Crippen LogP contribution in [0.25, 0.3) is 0 Å². The zero-order valence-corrected chi connectivity index (χ0v) is 29.3. The Morgan fingerprint density at radius 2 is 1.56 bits per heavy atom. The van der Waals surface area contributed by atoms with Gasteiger partial charge in [0.05, 0.1) is 13.7 Å². The molecule has 2 aliphatic heterocycles. The van der Waals surface area contributed by atoms with E-state index in [-0.39, 0.29) is 11.8 Å². The highest BCUT2D eigenvalue weighted by Gasteiger charge is 2.49. The molecule has 2 aromatic carbocycles. The number of nitrogens with zero attached hydrogens (tertiary/aromatic N) is 4. The molecule has 0 bridgehead atoms. The number of carbonyl (C=O) groups is 1. The lowest BCUT2D eigenvalue weighted by atomic mass is 9.64. The molecular formula is C40H57N5O3. The summed E-state index contributed by atoms with van der Waals surface area (Å²) in [5.74, 6) is 0.826. The van der Waals surface area contributed by atoms with Crippen LogP contribution in [-0.4, -0.2) is 97.8 Å². The Morgan fingerprint density at radius 3 is 2.21 bits per heavy atom. The summed E-state index contributed by atoms with van der Waals surface area (Å²) in [6.45, 7) is 12.1. The van der Waals surface area contributed by atoms with Crippen LogP contribution in [0.5, 0.6) is 5.75 Å². The van der Waals surface area contributed by atoms with Crippen LogP contribution in [0.4, 0.5) is 0 Å². The summed E-state index contributed by atoms with van der Waals surface area (Å²) in [5, 5.41) is 0. The molecular weight excluding hydrogens is 598 g/mol. The summed E-state index contributed by atoms with van der Waals surface area (Å²) in [7, 11) is 1.73. The molecule has 0 radical (unpaired) electrons. The maximum absolute atomic E-state index is 13.3. The number of likely N-dealkylation sites (tertiary alicyclic amines) is 2. The second-order valence-electron chi connectivity index (χ2n) is 13.5. The largest absolute Gasteiger partial charge is 0.496 e. The quantitative estimate of drug-likeness (QED) is 0.165. The molecule has 8 heteroatoms. The number of amides is 1. The van der Waals surface area contributed by atoms with E-state index in [1.54, 1.807) is 13.3 Å². The van der Waals surface area contributed by atoms with Crippen molar-refractivity contribution >= 4 is 5.91 Å². The average Bonchev–Trinajstić information content (AvgIpc) is 3.60. The molecule has 1 amide bonds. The van der Waals surface area contributed by atoms with Crippen molar-refractivity contribution in [2.24, 2.45) is 11.7 Å². The number of benzene rings is 2. The van der Waals surface area contributed by atoms with Crippen LogP contribution in [0.3, 0.4) is 0 Å². The Balaban J connectivity index is 0.964. The van der Waals surface area contributed by atoms with E-state index in [9.17, 15) is 4.79 Å². The van der Waals surface area contributed by atoms with E-state index in [2.05, 4.69) is 50.9 Å². The summed E-state index contributed by atoms with van der Waals surface area (Å²) >= 11 is 0. The first-order valence-electron chi connectivity index (χ1n) is 18.2. The number of ether oxygens (including phenoxy) is 2. The molecule has 2 N–H and O–H groups in total. The topological polar surface area (TPSA) is 84.2 Å². The number of primary amides is 1. The molecule has 260 valence electrons. The first-order chi connectivity index (χ1) is 23.6. The third-order valence-corrected chi connectivity index (χ3v) is 10.7. The second-order valence-corrected chi connectivity index (χ2v) is 13.5. The van der Waals surface area contributed by atoms with Crippen LogP contribution < -0.4 is 10.5 Å². The predicted molar refractivity (Wildman–Crippen MR) is 193 cm³/mol. The molecule has 3 heterocycles. The number of methoxy groups -OCH3 is 1. The highest BCUT2D eigenvalue weighted by Crippen LogP contribution is 2.43. The van der Waals surface area contributed by atoms with Crippen molar-refractivity contribution in [3.8, 4) is 5.75 Å². The maximum Gasteiger partial charge on any atom is 0.232 e. The standard InChI is InChI=1S/C40H57N5O3/c1-3-45(37-20-25-44(26-21-37)31-33-30-42-22-18-38(33)47-2)27-29-48-28-13-5-4-12-23-43-24-19-36(32-43)40(39(41)46,34-14-8-6-9-15-34)35-16-10-7-11-17-35/h6-11,14-18,22,30,36-37H,3-5,12-13,19-21,23-29,31-32H2,1-2H3,(H2,41,46)/t36-/m1/s1. The van der Waals surface area contributed by atoms with Crippen molar-refractivity contribution in [2.75, 3.05) is 66.1 Å². The molecule has 48 heavy (non-hydrogen) atoms. The van der Waals surface area contributed by atoms with Gasteiger partial charge < -0.3 is 20.1 Å². The van der Waals surface area contributed by atoms with Gasteiger partial charge in [-0.15, -0.1) is 0 Å². The van der Waals surface area contributed by atoms with Crippen LogP contribution in [0.1, 0.15) is 68.6 Å². The summed E-state index contributed by atoms with van der Waals surface area (Å²) in [4.78, 5) is 25.3. The summed E-state index contributed by atoms with van der Waals surface area (Å²) in [5.41, 5.74) is 8.63. The van der Waals surface area contributed by atoms with Crippen LogP contribution in [0.2, 0.25) is 0 Å². The number of likely N-dealkylation sites (N-methyl/N-ethyl adjacent to an activating group) is 1. The van der Waals surface area contributed by atoms with Gasteiger partial charge in [0.15, 0.2) is 0 Å². The first-order valence-corrected chi connectivity index (χ1v) is 18.2. The monoisotopic (exact) mass is 655 g/mol. The average molecular weight is 656 g/mol. The summed E-state index contributed by atoms with van der Waals surface area (Å²) in [6.07, 6.45) is 11.7. The van der Waals surface area contributed by atoms with E-state index in [0.717, 1.165) is 101 Å².